The fourth-order valence-corrected chi connectivity index (χ4v) is 3.41. The van der Waals surface area contributed by atoms with Gasteiger partial charge in [0.15, 0.2) is 4.34 Å². The molecule has 0 saturated heterocycles. The van der Waals surface area contributed by atoms with E-state index < -0.39 is 11.7 Å². The first-order valence-electron chi connectivity index (χ1n) is 5.53. The molecule has 10 heteroatoms. The molecule has 1 aromatic carbocycles. The van der Waals surface area contributed by atoms with E-state index in [4.69, 9.17) is 5.11 Å². The van der Waals surface area contributed by atoms with Crippen LogP contribution in [0.4, 0.5) is 19.6 Å². The predicted octanol–water partition coefficient (Wildman–Crippen LogP) is 3.77. The molecular formula is C11H9F2N3O2S3. The molecule has 1 heterocycles. The first kappa shape index (κ1) is 16.0. The van der Waals surface area contributed by atoms with Gasteiger partial charge in [0.2, 0.25) is 5.13 Å². The van der Waals surface area contributed by atoms with Gasteiger partial charge >= 0.3 is 5.97 Å². The Morgan fingerprint density at radius 3 is 2.86 bits per heavy atom. The normalized spacial score (nSPS) is 10.8. The van der Waals surface area contributed by atoms with Gasteiger partial charge in [0.05, 0.1) is 11.4 Å². The number of halogens is 2. The van der Waals surface area contributed by atoms with Crippen LogP contribution in [-0.2, 0) is 4.79 Å². The number of aliphatic carboxylic acids is 1. The minimum Gasteiger partial charge on any atom is -0.481 e. The zero-order valence-corrected chi connectivity index (χ0v) is 12.8. The summed E-state index contributed by atoms with van der Waals surface area (Å²) in [4.78, 5) is 10.9. The highest BCUT2D eigenvalue weighted by Crippen LogP contribution is 2.34. The molecule has 0 aliphatic carbocycles. The van der Waals surface area contributed by atoms with Gasteiger partial charge < -0.3 is 10.4 Å². The fourth-order valence-electron chi connectivity index (χ4n) is 1.33. The van der Waals surface area contributed by atoms with E-state index in [9.17, 15) is 13.6 Å². The Kier molecular flexibility index (Phi) is 5.76. The molecule has 0 saturated carbocycles. The molecule has 1 aromatic heterocycles. The van der Waals surface area contributed by atoms with Crippen LogP contribution >= 0.6 is 34.9 Å². The van der Waals surface area contributed by atoms with Gasteiger partial charge in [-0.2, -0.15) is 8.78 Å². The molecule has 21 heavy (non-hydrogen) atoms. The summed E-state index contributed by atoms with van der Waals surface area (Å²) in [7, 11) is 0. The fraction of sp³-hybridized carbons (Fsp3) is 0.182. The van der Waals surface area contributed by atoms with Crippen LogP contribution in [0.25, 0.3) is 0 Å². The van der Waals surface area contributed by atoms with Crippen molar-refractivity contribution in [1.82, 2.24) is 10.2 Å². The van der Waals surface area contributed by atoms with E-state index in [0.717, 1.165) is 11.8 Å². The van der Waals surface area contributed by atoms with Gasteiger partial charge in [-0.3, -0.25) is 4.79 Å². The molecule has 2 rings (SSSR count). The number of nitrogens with zero attached hydrogens (tertiary/aromatic N) is 2. The topological polar surface area (TPSA) is 75.1 Å². The molecular weight excluding hydrogens is 340 g/mol. The molecule has 0 unspecified atom stereocenters. The third-order valence-corrected chi connectivity index (χ3v) is 4.82. The summed E-state index contributed by atoms with van der Waals surface area (Å²) >= 11 is 2.66. The molecule has 0 aliphatic heterocycles. The lowest BCUT2D eigenvalue weighted by molar-refractivity contribution is -0.133. The number of nitrogens with one attached hydrogen (secondary N) is 1. The van der Waals surface area contributed by atoms with Crippen molar-refractivity contribution >= 4 is 51.6 Å². The van der Waals surface area contributed by atoms with Gasteiger partial charge in [-0.1, -0.05) is 47.0 Å². The Hall–Kier alpha value is -1.39. The molecule has 0 radical (unpaired) electrons. The van der Waals surface area contributed by atoms with E-state index >= 15 is 0 Å². The summed E-state index contributed by atoms with van der Waals surface area (Å²) in [5.74, 6) is -3.56. The van der Waals surface area contributed by atoms with Crippen molar-refractivity contribution in [2.45, 2.75) is 15.0 Å². The number of carbonyl (C=O) groups is 1. The van der Waals surface area contributed by atoms with E-state index in [-0.39, 0.29) is 5.75 Å². The monoisotopic (exact) mass is 349 g/mol. The van der Waals surface area contributed by atoms with Crippen molar-refractivity contribution in [1.29, 1.82) is 0 Å². The summed E-state index contributed by atoms with van der Waals surface area (Å²) in [6.07, 6.45) is 0. The summed E-state index contributed by atoms with van der Waals surface area (Å²) in [6, 6.07) is 6.64. The highest BCUT2D eigenvalue weighted by Gasteiger charge is 2.12. The van der Waals surface area contributed by atoms with Gasteiger partial charge in [-0.25, -0.2) is 0 Å². The van der Waals surface area contributed by atoms with Crippen LogP contribution in [0, 0.1) is 0 Å². The standard InChI is InChI=1S/C11H9F2N3O2S3/c12-9(13)20-7-4-2-1-3-6(7)14-10-15-16-11(21-10)19-5-8(17)18/h1-4,9H,5H2,(H,14,15)(H,17,18). The summed E-state index contributed by atoms with van der Waals surface area (Å²) in [5.41, 5.74) is 0.508. The number of aromatic nitrogens is 2. The predicted molar refractivity (Wildman–Crippen MR) is 79.9 cm³/mol. The smallest absolute Gasteiger partial charge is 0.313 e. The van der Waals surface area contributed by atoms with Crippen molar-refractivity contribution in [3.8, 4) is 0 Å². The van der Waals surface area contributed by atoms with Crippen molar-refractivity contribution in [3.05, 3.63) is 24.3 Å². The minimum atomic E-state index is -2.51. The molecule has 0 amide bonds. The highest BCUT2D eigenvalue weighted by molar-refractivity contribution is 8.01. The number of hydrogen-bond donors (Lipinski definition) is 2. The Bertz CT molecular complexity index is 624. The molecule has 5 nitrogen and oxygen atoms in total. The van der Waals surface area contributed by atoms with E-state index in [1.54, 1.807) is 24.3 Å². The number of carboxylic acids is 1. The van der Waals surface area contributed by atoms with Crippen LogP contribution in [0.2, 0.25) is 0 Å². The maximum Gasteiger partial charge on any atom is 0.313 e. The zero-order chi connectivity index (χ0) is 15.2. The summed E-state index contributed by atoms with van der Waals surface area (Å²) < 4.78 is 25.4. The van der Waals surface area contributed by atoms with Gasteiger partial charge in [0.1, 0.15) is 0 Å². The number of thioether (sulfide) groups is 2. The molecule has 0 atom stereocenters. The quantitative estimate of drug-likeness (QED) is 0.737. The molecule has 0 aliphatic rings. The molecule has 2 aromatic rings. The lowest BCUT2D eigenvalue weighted by atomic mass is 10.3. The van der Waals surface area contributed by atoms with Gasteiger partial charge in [-0.15, -0.1) is 10.2 Å². The van der Waals surface area contributed by atoms with Crippen LogP contribution in [0.5, 0.6) is 0 Å². The minimum absolute atomic E-state index is 0.105. The van der Waals surface area contributed by atoms with E-state index in [1.165, 1.54) is 11.3 Å². The highest BCUT2D eigenvalue weighted by atomic mass is 32.2. The van der Waals surface area contributed by atoms with Crippen molar-refractivity contribution in [2.75, 3.05) is 11.1 Å². The second-order valence-electron chi connectivity index (χ2n) is 3.56. The average Bonchev–Trinajstić information content (AvgIpc) is 2.86. The maximum atomic E-state index is 12.5. The maximum absolute atomic E-state index is 12.5. The Morgan fingerprint density at radius 2 is 2.14 bits per heavy atom. The molecule has 2 N–H and O–H groups in total. The van der Waals surface area contributed by atoms with Crippen LogP contribution in [0.1, 0.15) is 0 Å². The second-order valence-corrected chi connectivity index (χ2v) is 6.79. The third kappa shape index (κ3) is 5.14. The zero-order valence-electron chi connectivity index (χ0n) is 10.3. The summed E-state index contributed by atoms with van der Waals surface area (Å²) in [5, 5.41) is 19.6. The average molecular weight is 349 g/mol. The van der Waals surface area contributed by atoms with Crippen LogP contribution in [0.15, 0.2) is 33.5 Å². The second kappa shape index (κ2) is 7.57. The van der Waals surface area contributed by atoms with Crippen LogP contribution in [-0.4, -0.2) is 32.8 Å². The molecule has 112 valence electrons. The number of anilines is 2. The number of alkyl halides is 2. The van der Waals surface area contributed by atoms with Gasteiger partial charge in [-0.05, 0) is 12.1 Å². The Labute approximate surface area is 131 Å². The number of para-hydroxylation sites is 1. The van der Waals surface area contributed by atoms with E-state index in [2.05, 4.69) is 15.5 Å². The van der Waals surface area contributed by atoms with E-state index in [0.29, 0.717) is 31.8 Å². The Morgan fingerprint density at radius 1 is 1.38 bits per heavy atom. The van der Waals surface area contributed by atoms with Gasteiger partial charge in [0, 0.05) is 4.90 Å². The number of hydrogen-bond acceptors (Lipinski definition) is 7. The summed E-state index contributed by atoms with van der Waals surface area (Å²) in [6.45, 7) is 0. The van der Waals surface area contributed by atoms with Crippen molar-refractivity contribution < 1.29 is 18.7 Å². The molecule has 0 fully saturated rings. The van der Waals surface area contributed by atoms with Crippen molar-refractivity contribution in [3.63, 3.8) is 0 Å². The lowest BCUT2D eigenvalue weighted by Crippen LogP contribution is -1.96. The number of benzene rings is 1. The first-order valence-corrected chi connectivity index (χ1v) is 8.21. The Balaban J connectivity index is 2.06. The van der Waals surface area contributed by atoms with Crippen LogP contribution < -0.4 is 5.32 Å². The SMILES string of the molecule is O=C(O)CSc1nnc(Nc2ccccc2SC(F)F)s1. The largest absolute Gasteiger partial charge is 0.481 e. The van der Waals surface area contributed by atoms with Gasteiger partial charge in [0.25, 0.3) is 5.76 Å². The molecule has 0 spiro atoms. The lowest BCUT2D eigenvalue weighted by Gasteiger charge is -2.08. The number of rotatable bonds is 7. The molecule has 0 bridgehead atoms. The van der Waals surface area contributed by atoms with Crippen LogP contribution in [0.3, 0.4) is 0 Å². The third-order valence-electron chi connectivity index (χ3n) is 2.07. The van der Waals surface area contributed by atoms with Crippen molar-refractivity contribution in [2.24, 2.45) is 0 Å². The number of carboxylic acid groups (broad SMARTS) is 1. The van der Waals surface area contributed by atoms with E-state index in [1.807, 2.05) is 0 Å². The first-order chi connectivity index (χ1) is 10.0.